The van der Waals surface area contributed by atoms with Crippen LogP contribution in [0.2, 0.25) is 0 Å². The second-order valence-electron chi connectivity index (χ2n) is 5.05. The molecule has 98 valence electrons. The zero-order chi connectivity index (χ0) is 13.1. The van der Waals surface area contributed by atoms with Gasteiger partial charge in [0.2, 0.25) is 0 Å². The van der Waals surface area contributed by atoms with Crippen LogP contribution in [0.4, 0.5) is 5.69 Å². The number of para-hydroxylation sites is 1. The molecular formula is C14H20N2O2. The maximum Gasteiger partial charge on any atom is 0.312 e. The molecule has 0 spiro atoms. The van der Waals surface area contributed by atoms with Gasteiger partial charge in [0.25, 0.3) is 0 Å². The van der Waals surface area contributed by atoms with Crippen LogP contribution >= 0.6 is 0 Å². The van der Waals surface area contributed by atoms with Gasteiger partial charge >= 0.3 is 5.97 Å². The summed E-state index contributed by atoms with van der Waals surface area (Å²) in [5, 5.41) is 9.26. The van der Waals surface area contributed by atoms with Crippen molar-refractivity contribution >= 4 is 11.7 Å². The Morgan fingerprint density at radius 3 is 2.83 bits per heavy atom. The van der Waals surface area contributed by atoms with Crippen LogP contribution in [0, 0.1) is 0 Å². The summed E-state index contributed by atoms with van der Waals surface area (Å²) in [4.78, 5) is 15.6. The quantitative estimate of drug-likeness (QED) is 0.860. The van der Waals surface area contributed by atoms with E-state index in [1.807, 2.05) is 24.3 Å². The number of carbonyl (C=O) groups is 1. The Labute approximate surface area is 108 Å². The maximum atomic E-state index is 11.3. The molecule has 0 amide bonds. The molecule has 4 heteroatoms. The average Bonchev–Trinajstić information content (AvgIpc) is 2.68. The van der Waals surface area contributed by atoms with E-state index in [9.17, 15) is 9.90 Å². The van der Waals surface area contributed by atoms with Crippen molar-refractivity contribution in [1.29, 1.82) is 0 Å². The Kier molecular flexibility index (Phi) is 3.87. The Hall–Kier alpha value is -1.55. The van der Waals surface area contributed by atoms with Crippen molar-refractivity contribution in [2.45, 2.75) is 12.3 Å². The predicted octanol–water partition coefficient (Wildman–Crippen LogP) is 1.63. The van der Waals surface area contributed by atoms with Gasteiger partial charge in [-0.1, -0.05) is 18.2 Å². The monoisotopic (exact) mass is 248 g/mol. The number of aliphatic carboxylic acids is 1. The zero-order valence-electron chi connectivity index (χ0n) is 11.0. The number of nitrogens with zero attached hydrogens (tertiary/aromatic N) is 2. The minimum atomic E-state index is -0.724. The highest BCUT2D eigenvalue weighted by Gasteiger charge is 2.32. The van der Waals surface area contributed by atoms with Crippen LogP contribution in [-0.4, -0.2) is 49.7 Å². The van der Waals surface area contributed by atoms with Gasteiger partial charge in [-0.3, -0.25) is 4.79 Å². The Bertz CT molecular complexity index is 432. The minimum absolute atomic E-state index is 0.374. The van der Waals surface area contributed by atoms with Gasteiger partial charge in [-0.15, -0.1) is 0 Å². The third-order valence-electron chi connectivity index (χ3n) is 3.39. The Morgan fingerprint density at radius 2 is 2.17 bits per heavy atom. The average molecular weight is 248 g/mol. The van der Waals surface area contributed by atoms with Crippen LogP contribution < -0.4 is 4.90 Å². The van der Waals surface area contributed by atoms with Gasteiger partial charge in [0.05, 0.1) is 0 Å². The van der Waals surface area contributed by atoms with Crippen LogP contribution in [0.15, 0.2) is 24.3 Å². The molecule has 1 N–H and O–H groups in total. The highest BCUT2D eigenvalue weighted by atomic mass is 16.4. The summed E-state index contributed by atoms with van der Waals surface area (Å²) in [7, 11) is 4.11. The molecular weight excluding hydrogens is 228 g/mol. The Balaban J connectivity index is 2.08. The molecule has 0 radical (unpaired) electrons. The molecule has 1 unspecified atom stereocenters. The van der Waals surface area contributed by atoms with E-state index in [1.54, 1.807) is 0 Å². The molecule has 1 heterocycles. The van der Waals surface area contributed by atoms with E-state index < -0.39 is 5.97 Å². The number of hydrogen-bond donors (Lipinski definition) is 1. The number of hydrogen-bond acceptors (Lipinski definition) is 3. The van der Waals surface area contributed by atoms with Crippen LogP contribution in [0.5, 0.6) is 0 Å². The zero-order valence-corrected chi connectivity index (χ0v) is 11.0. The van der Waals surface area contributed by atoms with E-state index in [-0.39, 0.29) is 5.92 Å². The third-order valence-corrected chi connectivity index (χ3v) is 3.39. The first-order valence-corrected chi connectivity index (χ1v) is 6.31. The maximum absolute atomic E-state index is 11.3. The highest BCUT2D eigenvalue weighted by Crippen LogP contribution is 2.36. The molecule has 0 aliphatic carbocycles. The molecule has 0 saturated heterocycles. The lowest BCUT2D eigenvalue weighted by Gasteiger charge is -2.20. The van der Waals surface area contributed by atoms with Crippen LogP contribution in [0.1, 0.15) is 17.9 Å². The van der Waals surface area contributed by atoms with Crippen molar-refractivity contribution in [1.82, 2.24) is 4.90 Å². The summed E-state index contributed by atoms with van der Waals surface area (Å²) in [5.41, 5.74) is 2.04. The van der Waals surface area contributed by atoms with Crippen molar-refractivity contribution in [3.05, 3.63) is 29.8 Å². The summed E-state index contributed by atoms with van der Waals surface area (Å²) < 4.78 is 0. The van der Waals surface area contributed by atoms with E-state index in [0.717, 1.165) is 30.8 Å². The summed E-state index contributed by atoms with van der Waals surface area (Å²) in [5.74, 6) is -1.10. The molecule has 2 rings (SSSR count). The predicted molar refractivity (Wildman–Crippen MR) is 72.2 cm³/mol. The molecule has 18 heavy (non-hydrogen) atoms. The van der Waals surface area contributed by atoms with E-state index in [4.69, 9.17) is 0 Å². The fraction of sp³-hybridized carbons (Fsp3) is 0.500. The smallest absolute Gasteiger partial charge is 0.312 e. The topological polar surface area (TPSA) is 43.8 Å². The first kappa shape index (κ1) is 12.9. The Morgan fingerprint density at radius 1 is 1.44 bits per heavy atom. The van der Waals surface area contributed by atoms with Crippen molar-refractivity contribution in [3.63, 3.8) is 0 Å². The first-order valence-electron chi connectivity index (χ1n) is 6.31. The molecule has 1 aliphatic rings. The van der Waals surface area contributed by atoms with Crippen LogP contribution in [-0.2, 0) is 4.79 Å². The lowest BCUT2D eigenvalue weighted by Crippen LogP contribution is -2.27. The van der Waals surface area contributed by atoms with Gasteiger partial charge in [-0.2, -0.15) is 0 Å². The van der Waals surface area contributed by atoms with E-state index in [1.165, 1.54) is 0 Å². The summed E-state index contributed by atoms with van der Waals surface area (Å²) >= 11 is 0. The third kappa shape index (κ3) is 2.64. The molecule has 1 aliphatic heterocycles. The van der Waals surface area contributed by atoms with E-state index >= 15 is 0 Å². The number of anilines is 1. The lowest BCUT2D eigenvalue weighted by molar-refractivity contribution is -0.138. The van der Waals surface area contributed by atoms with E-state index in [0.29, 0.717) is 6.54 Å². The van der Waals surface area contributed by atoms with Gasteiger partial charge in [-0.05, 0) is 38.7 Å². The SMILES string of the molecule is CN(C)CCCN1CC(C(=O)O)c2ccccc21. The molecule has 1 aromatic rings. The molecule has 0 fully saturated rings. The van der Waals surface area contributed by atoms with Crippen molar-refractivity contribution in [2.75, 3.05) is 38.6 Å². The largest absolute Gasteiger partial charge is 0.481 e. The summed E-state index contributed by atoms with van der Waals surface area (Å²) in [6, 6.07) is 7.84. The number of carboxylic acids is 1. The van der Waals surface area contributed by atoms with Crippen molar-refractivity contribution in [3.8, 4) is 0 Å². The lowest BCUT2D eigenvalue weighted by atomic mass is 10.0. The second-order valence-corrected chi connectivity index (χ2v) is 5.05. The number of benzene rings is 1. The first-order chi connectivity index (χ1) is 8.59. The van der Waals surface area contributed by atoms with Crippen molar-refractivity contribution in [2.24, 2.45) is 0 Å². The number of rotatable bonds is 5. The van der Waals surface area contributed by atoms with Crippen LogP contribution in [0.25, 0.3) is 0 Å². The van der Waals surface area contributed by atoms with Gasteiger partial charge in [0.1, 0.15) is 5.92 Å². The summed E-state index contributed by atoms with van der Waals surface area (Å²) in [6.45, 7) is 2.54. The normalized spacial score (nSPS) is 18.2. The second kappa shape index (κ2) is 5.40. The summed E-state index contributed by atoms with van der Waals surface area (Å²) in [6.07, 6.45) is 1.05. The standard InChI is InChI=1S/C14H20N2O2/c1-15(2)8-5-9-16-10-12(14(17)18)11-6-3-4-7-13(11)16/h3-4,6-7,12H,5,8-10H2,1-2H3,(H,17,18). The fourth-order valence-electron chi connectivity index (χ4n) is 2.49. The van der Waals surface area contributed by atoms with Crippen LogP contribution in [0.3, 0.4) is 0 Å². The molecule has 1 aromatic carbocycles. The van der Waals surface area contributed by atoms with E-state index in [2.05, 4.69) is 23.9 Å². The van der Waals surface area contributed by atoms with Gasteiger partial charge in [0.15, 0.2) is 0 Å². The minimum Gasteiger partial charge on any atom is -0.481 e. The molecule has 4 nitrogen and oxygen atoms in total. The van der Waals surface area contributed by atoms with Gasteiger partial charge in [0, 0.05) is 18.8 Å². The molecule has 0 saturated carbocycles. The molecule has 1 atom stereocenters. The fourth-order valence-corrected chi connectivity index (χ4v) is 2.49. The number of carboxylic acid groups (broad SMARTS) is 1. The highest BCUT2D eigenvalue weighted by molar-refractivity contribution is 5.82. The molecule has 0 aromatic heterocycles. The van der Waals surface area contributed by atoms with Gasteiger partial charge < -0.3 is 14.9 Å². The van der Waals surface area contributed by atoms with Gasteiger partial charge in [-0.25, -0.2) is 0 Å². The molecule has 0 bridgehead atoms. The van der Waals surface area contributed by atoms with Crippen molar-refractivity contribution < 1.29 is 9.90 Å². The number of fused-ring (bicyclic) bond motifs is 1.